The molecule has 1 fully saturated rings. The third-order valence-electron chi connectivity index (χ3n) is 7.79. The summed E-state index contributed by atoms with van der Waals surface area (Å²) in [6, 6.07) is 4.95. The second-order valence-corrected chi connectivity index (χ2v) is 11.6. The molecule has 3 aromatic rings. The number of aryl methyl sites for hydroxylation is 1. The molecule has 0 unspecified atom stereocenters. The summed E-state index contributed by atoms with van der Waals surface area (Å²) < 4.78 is 41.5. The van der Waals surface area contributed by atoms with E-state index >= 15 is 4.39 Å². The van der Waals surface area contributed by atoms with Crippen molar-refractivity contribution in [3.63, 3.8) is 0 Å². The Morgan fingerprint density at radius 3 is 2.64 bits per heavy atom. The molecule has 12 heteroatoms. The number of piperazine rings is 1. The monoisotopic (exact) mass is 618 g/mol. The minimum absolute atomic E-state index is 0. The molecule has 0 bridgehead atoms. The lowest BCUT2D eigenvalue weighted by Crippen LogP contribution is -2.58. The van der Waals surface area contributed by atoms with Gasteiger partial charge in [0.25, 0.3) is 0 Å². The van der Waals surface area contributed by atoms with Crippen LogP contribution in [0.15, 0.2) is 46.6 Å². The highest BCUT2D eigenvalue weighted by Gasteiger charge is 2.35. The zero-order chi connectivity index (χ0) is 29.4. The first-order valence-electron chi connectivity index (χ1n) is 13.6. The molecule has 2 aromatic carbocycles. The third kappa shape index (κ3) is 5.82. The first kappa shape index (κ1) is 32.0. The van der Waals surface area contributed by atoms with Crippen LogP contribution in [0, 0.1) is 18.6 Å². The summed E-state index contributed by atoms with van der Waals surface area (Å²) in [5.41, 5.74) is 1.93. The van der Waals surface area contributed by atoms with E-state index in [4.69, 9.17) is 9.47 Å². The Bertz CT molecular complexity index is 1570. The number of thioether (sulfide) groups is 1. The molecule has 42 heavy (non-hydrogen) atoms. The Labute approximate surface area is 255 Å². The van der Waals surface area contributed by atoms with Crippen molar-refractivity contribution in [3.05, 3.63) is 64.6 Å². The van der Waals surface area contributed by atoms with E-state index in [9.17, 15) is 14.0 Å². The van der Waals surface area contributed by atoms with Crippen LogP contribution in [0.3, 0.4) is 0 Å². The van der Waals surface area contributed by atoms with Crippen molar-refractivity contribution < 1.29 is 23.0 Å². The number of hydrogen-bond acceptors (Lipinski definition) is 7. The molecule has 1 amide bonds. The van der Waals surface area contributed by atoms with Gasteiger partial charge in [-0.1, -0.05) is 6.58 Å². The van der Waals surface area contributed by atoms with Gasteiger partial charge >= 0.3 is 5.69 Å². The Morgan fingerprint density at radius 1 is 1.19 bits per heavy atom. The van der Waals surface area contributed by atoms with E-state index in [-0.39, 0.29) is 49.7 Å². The molecule has 8 nitrogen and oxygen atoms in total. The number of benzene rings is 2. The quantitative estimate of drug-likeness (QED) is 0.268. The van der Waals surface area contributed by atoms with Crippen LogP contribution in [-0.2, 0) is 14.3 Å². The van der Waals surface area contributed by atoms with Crippen molar-refractivity contribution in [3.8, 4) is 11.1 Å². The number of carbonyl (C=O) groups excluding carboxylic acids is 1. The van der Waals surface area contributed by atoms with Gasteiger partial charge in [0.05, 0.1) is 31.4 Å². The zero-order valence-electron chi connectivity index (χ0n) is 24.2. The molecule has 0 aliphatic carbocycles. The van der Waals surface area contributed by atoms with Crippen LogP contribution in [0.25, 0.3) is 22.0 Å². The summed E-state index contributed by atoms with van der Waals surface area (Å²) in [5.74, 6) is -0.403. The number of carbonyl (C=O) groups is 1. The van der Waals surface area contributed by atoms with Crippen molar-refractivity contribution >= 4 is 47.9 Å². The van der Waals surface area contributed by atoms with Gasteiger partial charge in [-0.15, -0.1) is 11.8 Å². The summed E-state index contributed by atoms with van der Waals surface area (Å²) in [6.45, 7) is 11.5. The van der Waals surface area contributed by atoms with Crippen LogP contribution >= 0.6 is 25.3 Å². The topological polar surface area (TPSA) is 76.9 Å². The molecule has 5 rings (SSSR count). The van der Waals surface area contributed by atoms with E-state index in [2.05, 4.69) is 16.5 Å². The summed E-state index contributed by atoms with van der Waals surface area (Å²) in [4.78, 5) is 35.4. The van der Waals surface area contributed by atoms with E-state index in [0.717, 1.165) is 21.9 Å². The molecular formula is C30H36F2N4O4S2. The van der Waals surface area contributed by atoms with Gasteiger partial charge in [-0.25, -0.2) is 13.6 Å². The molecule has 3 atom stereocenters. The van der Waals surface area contributed by atoms with Gasteiger partial charge in [-0.05, 0) is 50.6 Å². The normalized spacial score (nSPS) is 20.0. The first-order chi connectivity index (χ1) is 19.7. The first-order valence-corrected chi connectivity index (χ1v) is 14.6. The highest BCUT2D eigenvalue weighted by molar-refractivity contribution is 7.99. The van der Waals surface area contributed by atoms with E-state index in [1.165, 1.54) is 30.0 Å². The predicted molar refractivity (Wildman–Crippen MR) is 167 cm³/mol. The number of halogens is 2. The van der Waals surface area contributed by atoms with Crippen LogP contribution < -0.4 is 10.6 Å². The van der Waals surface area contributed by atoms with Crippen LogP contribution in [-0.4, -0.2) is 78.2 Å². The molecule has 2 aliphatic rings. The Balaban J connectivity index is 0.00000405. The van der Waals surface area contributed by atoms with Crippen molar-refractivity contribution in [2.24, 2.45) is 0 Å². The highest BCUT2D eigenvalue weighted by atomic mass is 32.2. The molecule has 0 N–H and O–H groups in total. The fraction of sp³-hybridized carbons (Fsp3) is 0.433. The minimum atomic E-state index is -0.664. The van der Waals surface area contributed by atoms with Gasteiger partial charge in [0.15, 0.2) is 0 Å². The van der Waals surface area contributed by atoms with Gasteiger partial charge < -0.3 is 19.3 Å². The molecule has 1 saturated heterocycles. The Morgan fingerprint density at radius 2 is 1.95 bits per heavy atom. The molecule has 3 heterocycles. The van der Waals surface area contributed by atoms with Crippen molar-refractivity contribution in [1.82, 2.24) is 14.5 Å². The summed E-state index contributed by atoms with van der Waals surface area (Å²) >= 11 is 1.53. The average Bonchev–Trinajstić information content (AvgIpc) is 2.94. The Hall–Kier alpha value is -2.93. The average molecular weight is 619 g/mol. The second-order valence-electron chi connectivity index (χ2n) is 10.6. The second kappa shape index (κ2) is 13.2. The maximum atomic E-state index is 15.1. The number of amides is 1. The number of aromatic nitrogens is 2. The molecule has 1 aromatic heterocycles. The SMILES string of the molecule is C=CC(=O)N1C[C@H](C)N(c2nc(=O)n3c4c(c(-c5ccc(F)cc5F)c(C)cc24)SC[C@@H]3COCCOC)C[C@H]1C.S. The van der Waals surface area contributed by atoms with Crippen LogP contribution in [0.4, 0.5) is 14.6 Å². The lowest BCUT2D eigenvalue weighted by molar-refractivity contribution is -0.128. The summed E-state index contributed by atoms with van der Waals surface area (Å²) in [5, 5.41) is 0.764. The van der Waals surface area contributed by atoms with Gasteiger partial charge in [-0.2, -0.15) is 18.5 Å². The lowest BCUT2D eigenvalue weighted by atomic mass is 9.96. The number of ether oxygens (including phenoxy) is 2. The van der Waals surface area contributed by atoms with E-state index in [1.54, 1.807) is 16.6 Å². The molecular weight excluding hydrogens is 582 g/mol. The number of anilines is 1. The number of methoxy groups -OCH3 is 1. The zero-order valence-corrected chi connectivity index (χ0v) is 26.0. The van der Waals surface area contributed by atoms with Crippen molar-refractivity contribution in [2.75, 3.05) is 50.7 Å². The van der Waals surface area contributed by atoms with E-state index in [1.807, 2.05) is 26.8 Å². The summed E-state index contributed by atoms with van der Waals surface area (Å²) in [7, 11) is 1.60. The fourth-order valence-corrected chi connectivity index (χ4v) is 7.16. The van der Waals surface area contributed by atoms with Crippen molar-refractivity contribution in [2.45, 2.75) is 43.8 Å². The van der Waals surface area contributed by atoms with Gasteiger partial charge in [0, 0.05) is 65.5 Å². The van der Waals surface area contributed by atoms with Gasteiger partial charge in [-0.3, -0.25) is 9.36 Å². The lowest BCUT2D eigenvalue weighted by Gasteiger charge is -2.45. The van der Waals surface area contributed by atoms with E-state index in [0.29, 0.717) is 49.0 Å². The standard InChI is InChI=1S/C30H34F2N4O4S.H2S/c1-6-25(37)34-13-19(4)35(14-18(34)3)29-23-11-17(2)26(22-8-7-20(31)12-24(22)32)28-27(23)36(30(38)33-29)21(16-41-28)15-40-10-9-39-5;/h6-8,11-12,18-19,21H,1,9-10,13-16H2,2-5H3;1H2/t18-,19+,21+;/m1./s1. The minimum Gasteiger partial charge on any atom is -0.382 e. The number of nitrogens with zero attached hydrogens (tertiary/aromatic N) is 4. The van der Waals surface area contributed by atoms with Gasteiger partial charge in [0.1, 0.15) is 17.5 Å². The summed E-state index contributed by atoms with van der Waals surface area (Å²) in [6.07, 6.45) is 1.32. The number of hydrogen-bond donors (Lipinski definition) is 0. The number of rotatable bonds is 8. The largest absolute Gasteiger partial charge is 0.382 e. The van der Waals surface area contributed by atoms with Crippen molar-refractivity contribution in [1.29, 1.82) is 0 Å². The fourth-order valence-electron chi connectivity index (χ4n) is 5.80. The molecule has 0 spiro atoms. The van der Waals surface area contributed by atoms with Crippen LogP contribution in [0.2, 0.25) is 0 Å². The molecule has 0 radical (unpaired) electrons. The Kier molecular flexibility index (Phi) is 10.0. The molecule has 0 saturated carbocycles. The maximum Gasteiger partial charge on any atom is 0.350 e. The predicted octanol–water partition coefficient (Wildman–Crippen LogP) is 4.68. The smallest absolute Gasteiger partial charge is 0.350 e. The third-order valence-corrected chi connectivity index (χ3v) is 9.02. The van der Waals surface area contributed by atoms with Crippen LogP contribution in [0.1, 0.15) is 25.5 Å². The molecule has 2 aliphatic heterocycles. The maximum absolute atomic E-state index is 15.1. The van der Waals surface area contributed by atoms with E-state index < -0.39 is 17.3 Å². The molecule has 226 valence electrons. The van der Waals surface area contributed by atoms with Crippen LogP contribution in [0.5, 0.6) is 0 Å². The highest BCUT2D eigenvalue weighted by Crippen LogP contribution is 2.46. The van der Waals surface area contributed by atoms with Gasteiger partial charge in [0.2, 0.25) is 5.91 Å².